The Bertz CT molecular complexity index is 1170. The third-order valence-corrected chi connectivity index (χ3v) is 5.02. The summed E-state index contributed by atoms with van der Waals surface area (Å²) in [5.41, 5.74) is 3.46. The Labute approximate surface area is 165 Å². The van der Waals surface area contributed by atoms with Gasteiger partial charge in [-0.2, -0.15) is 0 Å². The fourth-order valence-electron chi connectivity index (χ4n) is 2.70. The van der Waals surface area contributed by atoms with Gasteiger partial charge in [0.2, 0.25) is 0 Å². The summed E-state index contributed by atoms with van der Waals surface area (Å²) >= 11 is 1.43. The van der Waals surface area contributed by atoms with Crippen LogP contribution in [-0.2, 0) is 0 Å². The molecule has 2 aromatic carbocycles. The first-order chi connectivity index (χ1) is 13.6. The molecule has 0 saturated carbocycles. The maximum Gasteiger partial charge on any atom is 0.257 e. The predicted molar refractivity (Wildman–Crippen MR) is 111 cm³/mol. The lowest BCUT2D eigenvalue weighted by molar-refractivity contribution is 0.101. The van der Waals surface area contributed by atoms with E-state index in [0.717, 1.165) is 15.8 Å². The van der Waals surface area contributed by atoms with Gasteiger partial charge in [-0.05, 0) is 55.0 Å². The van der Waals surface area contributed by atoms with Crippen LogP contribution in [0.5, 0.6) is 0 Å². The van der Waals surface area contributed by atoms with Crippen LogP contribution in [0.3, 0.4) is 0 Å². The number of hydrogen-bond acceptors (Lipinski definition) is 5. The van der Waals surface area contributed by atoms with Crippen LogP contribution in [0.2, 0.25) is 0 Å². The number of pyridine rings is 1. The zero-order chi connectivity index (χ0) is 19.5. The average Bonchev–Trinajstić information content (AvgIpc) is 3.10. The Morgan fingerprint density at radius 3 is 2.50 bits per heavy atom. The second-order valence-electron chi connectivity index (χ2n) is 6.22. The van der Waals surface area contributed by atoms with Gasteiger partial charge in [-0.3, -0.25) is 19.9 Å². The molecular formula is C21H16N4O2S. The van der Waals surface area contributed by atoms with Crippen molar-refractivity contribution in [3.63, 3.8) is 0 Å². The molecule has 0 aliphatic carbocycles. The molecule has 0 saturated heterocycles. The number of carbonyl (C=O) groups excluding carboxylic acids is 2. The van der Waals surface area contributed by atoms with Crippen molar-refractivity contribution in [1.29, 1.82) is 0 Å². The molecule has 4 aromatic rings. The van der Waals surface area contributed by atoms with E-state index in [0.29, 0.717) is 21.9 Å². The number of hydrogen-bond donors (Lipinski definition) is 2. The molecule has 4 rings (SSSR count). The zero-order valence-corrected chi connectivity index (χ0v) is 15.8. The predicted octanol–water partition coefficient (Wildman–Crippen LogP) is 4.50. The van der Waals surface area contributed by atoms with Crippen molar-refractivity contribution in [2.24, 2.45) is 0 Å². The molecule has 2 amide bonds. The molecule has 7 heteroatoms. The highest BCUT2D eigenvalue weighted by Crippen LogP contribution is 2.27. The number of amides is 2. The number of aromatic nitrogens is 2. The number of thiazole rings is 1. The fraction of sp³-hybridized carbons (Fsp3) is 0.0476. The molecule has 0 aliphatic heterocycles. The van der Waals surface area contributed by atoms with E-state index in [2.05, 4.69) is 20.6 Å². The van der Waals surface area contributed by atoms with E-state index in [1.165, 1.54) is 11.3 Å². The second-order valence-corrected chi connectivity index (χ2v) is 7.25. The molecular weight excluding hydrogens is 372 g/mol. The molecule has 0 unspecified atom stereocenters. The van der Waals surface area contributed by atoms with E-state index < -0.39 is 0 Å². The molecule has 0 spiro atoms. The number of fused-ring (bicyclic) bond motifs is 1. The summed E-state index contributed by atoms with van der Waals surface area (Å²) in [6.45, 7) is 2.02. The second kappa shape index (κ2) is 7.58. The normalized spacial score (nSPS) is 10.6. The minimum absolute atomic E-state index is 0.262. The van der Waals surface area contributed by atoms with Crippen LogP contribution in [0.15, 0.2) is 67.0 Å². The molecule has 0 aliphatic rings. The van der Waals surface area contributed by atoms with Crippen LogP contribution in [-0.4, -0.2) is 21.8 Å². The Morgan fingerprint density at radius 2 is 1.68 bits per heavy atom. The maximum absolute atomic E-state index is 12.6. The molecule has 28 heavy (non-hydrogen) atoms. The van der Waals surface area contributed by atoms with Crippen molar-refractivity contribution in [2.45, 2.75) is 6.92 Å². The van der Waals surface area contributed by atoms with Gasteiger partial charge in [-0.1, -0.05) is 23.5 Å². The van der Waals surface area contributed by atoms with Gasteiger partial charge in [-0.15, -0.1) is 0 Å². The van der Waals surface area contributed by atoms with Gasteiger partial charge in [-0.25, -0.2) is 4.98 Å². The lowest BCUT2D eigenvalue weighted by atomic mass is 10.1. The maximum atomic E-state index is 12.6. The summed E-state index contributed by atoms with van der Waals surface area (Å²) in [5.74, 6) is -0.544. The largest absolute Gasteiger partial charge is 0.322 e. The first-order valence-electron chi connectivity index (χ1n) is 8.58. The van der Waals surface area contributed by atoms with E-state index in [-0.39, 0.29) is 11.8 Å². The number of benzene rings is 2. The quantitative estimate of drug-likeness (QED) is 0.539. The molecule has 0 bridgehead atoms. The van der Waals surface area contributed by atoms with Crippen LogP contribution < -0.4 is 10.6 Å². The molecule has 0 atom stereocenters. The summed E-state index contributed by atoms with van der Waals surface area (Å²) < 4.78 is 1.02. The third kappa shape index (κ3) is 3.89. The van der Waals surface area contributed by atoms with Gasteiger partial charge in [0.25, 0.3) is 11.8 Å². The summed E-state index contributed by atoms with van der Waals surface area (Å²) in [6, 6.07) is 16.0. The van der Waals surface area contributed by atoms with Crippen molar-refractivity contribution in [3.8, 4) is 0 Å². The molecule has 2 heterocycles. The van der Waals surface area contributed by atoms with E-state index in [9.17, 15) is 9.59 Å². The summed E-state index contributed by atoms with van der Waals surface area (Å²) in [6.07, 6.45) is 3.11. The Morgan fingerprint density at radius 1 is 0.893 bits per heavy atom. The topological polar surface area (TPSA) is 84.0 Å². The van der Waals surface area contributed by atoms with Gasteiger partial charge in [0.1, 0.15) is 0 Å². The molecule has 0 fully saturated rings. The third-order valence-electron chi connectivity index (χ3n) is 4.09. The van der Waals surface area contributed by atoms with E-state index in [4.69, 9.17) is 0 Å². The first kappa shape index (κ1) is 17.8. The lowest BCUT2D eigenvalue weighted by Crippen LogP contribution is -2.14. The first-order valence-corrected chi connectivity index (χ1v) is 9.40. The van der Waals surface area contributed by atoms with Crippen molar-refractivity contribution in [2.75, 3.05) is 10.6 Å². The number of rotatable bonds is 4. The van der Waals surface area contributed by atoms with Crippen LogP contribution in [0.4, 0.5) is 10.8 Å². The molecule has 138 valence electrons. The standard InChI is InChI=1S/C21H16N4O2S/c1-13-5-6-17-18(11-13)28-21(24-17)25-20(27)15-3-2-4-16(12-15)23-19(26)14-7-9-22-10-8-14/h2-12H,1H3,(H,23,26)(H,24,25,27). The summed E-state index contributed by atoms with van der Waals surface area (Å²) in [5, 5.41) is 6.15. The number of anilines is 2. The van der Waals surface area contributed by atoms with Crippen molar-refractivity contribution in [3.05, 3.63) is 83.7 Å². The fourth-order valence-corrected chi connectivity index (χ4v) is 3.66. The highest BCUT2D eigenvalue weighted by molar-refractivity contribution is 7.22. The Hall–Kier alpha value is -3.58. The molecule has 6 nitrogen and oxygen atoms in total. The Balaban J connectivity index is 1.50. The minimum Gasteiger partial charge on any atom is -0.322 e. The van der Waals surface area contributed by atoms with E-state index >= 15 is 0 Å². The highest BCUT2D eigenvalue weighted by atomic mass is 32.1. The Kier molecular flexibility index (Phi) is 4.82. The van der Waals surface area contributed by atoms with Crippen LogP contribution >= 0.6 is 11.3 Å². The van der Waals surface area contributed by atoms with Crippen molar-refractivity contribution in [1.82, 2.24) is 9.97 Å². The van der Waals surface area contributed by atoms with Gasteiger partial charge in [0, 0.05) is 29.2 Å². The highest BCUT2D eigenvalue weighted by Gasteiger charge is 2.12. The van der Waals surface area contributed by atoms with Crippen LogP contribution in [0.25, 0.3) is 10.2 Å². The van der Waals surface area contributed by atoms with Gasteiger partial charge in [0.05, 0.1) is 10.2 Å². The number of nitrogens with one attached hydrogen (secondary N) is 2. The average molecular weight is 388 g/mol. The van der Waals surface area contributed by atoms with Gasteiger partial charge in [0.15, 0.2) is 5.13 Å². The summed E-state index contributed by atoms with van der Waals surface area (Å²) in [7, 11) is 0. The summed E-state index contributed by atoms with van der Waals surface area (Å²) in [4.78, 5) is 33.2. The smallest absolute Gasteiger partial charge is 0.257 e. The van der Waals surface area contributed by atoms with Crippen LogP contribution in [0.1, 0.15) is 26.3 Å². The minimum atomic E-state index is -0.282. The monoisotopic (exact) mass is 388 g/mol. The molecule has 0 radical (unpaired) electrons. The van der Waals surface area contributed by atoms with Gasteiger partial charge >= 0.3 is 0 Å². The van der Waals surface area contributed by atoms with Crippen LogP contribution in [0, 0.1) is 6.92 Å². The van der Waals surface area contributed by atoms with Gasteiger partial charge < -0.3 is 5.32 Å². The van der Waals surface area contributed by atoms with Crippen molar-refractivity contribution < 1.29 is 9.59 Å². The number of aryl methyl sites for hydroxylation is 1. The number of carbonyl (C=O) groups is 2. The lowest BCUT2D eigenvalue weighted by Gasteiger charge is -2.07. The number of nitrogens with zero attached hydrogens (tertiary/aromatic N) is 2. The zero-order valence-electron chi connectivity index (χ0n) is 15.0. The molecule has 2 N–H and O–H groups in total. The SMILES string of the molecule is Cc1ccc2nc(NC(=O)c3cccc(NC(=O)c4ccncc4)c3)sc2c1. The van der Waals surface area contributed by atoms with E-state index in [1.54, 1.807) is 48.8 Å². The molecule has 2 aromatic heterocycles. The van der Waals surface area contributed by atoms with Crippen molar-refractivity contribution >= 4 is 44.2 Å². The van der Waals surface area contributed by atoms with E-state index in [1.807, 2.05) is 25.1 Å².